The van der Waals surface area contributed by atoms with Crippen LogP contribution >= 0.6 is 0 Å². The number of pyridine rings is 1. The fourth-order valence-electron chi connectivity index (χ4n) is 3.24. The van der Waals surface area contributed by atoms with E-state index in [0.29, 0.717) is 31.2 Å². The molecular formula is C19H21N3O5S. The minimum atomic E-state index is -3.83. The van der Waals surface area contributed by atoms with Crippen LogP contribution in [-0.4, -0.2) is 37.8 Å². The van der Waals surface area contributed by atoms with Crippen LogP contribution in [0.1, 0.15) is 16.8 Å². The minimum Gasteiger partial charge on any atom is -0.440 e. The first kappa shape index (κ1) is 18.9. The van der Waals surface area contributed by atoms with Gasteiger partial charge < -0.3 is 13.7 Å². The summed E-state index contributed by atoms with van der Waals surface area (Å²) in [7, 11) is -3.83. The van der Waals surface area contributed by atoms with Gasteiger partial charge in [0.2, 0.25) is 10.9 Å². The molecule has 28 heavy (non-hydrogen) atoms. The van der Waals surface area contributed by atoms with Crippen LogP contribution in [0, 0.1) is 19.8 Å². The summed E-state index contributed by atoms with van der Waals surface area (Å²) in [6.07, 6.45) is 4.15. The summed E-state index contributed by atoms with van der Waals surface area (Å²) >= 11 is 0. The number of hydrogen-bond acceptors (Lipinski definition) is 7. The van der Waals surface area contributed by atoms with E-state index in [1.807, 2.05) is 26.0 Å². The van der Waals surface area contributed by atoms with Gasteiger partial charge in [0.25, 0.3) is 10.0 Å². The van der Waals surface area contributed by atoms with E-state index in [0.717, 1.165) is 16.8 Å². The molecular weight excluding hydrogens is 382 g/mol. The van der Waals surface area contributed by atoms with Crippen molar-refractivity contribution in [2.24, 2.45) is 5.92 Å². The van der Waals surface area contributed by atoms with Gasteiger partial charge in [0.05, 0.1) is 24.9 Å². The average molecular weight is 403 g/mol. The lowest BCUT2D eigenvalue weighted by Crippen LogP contribution is -2.40. The van der Waals surface area contributed by atoms with Gasteiger partial charge in [-0.05, 0) is 50.1 Å². The van der Waals surface area contributed by atoms with Crippen molar-refractivity contribution in [3.8, 4) is 11.5 Å². The second-order valence-electron chi connectivity index (χ2n) is 6.93. The molecule has 0 unspecified atom stereocenters. The Hall–Kier alpha value is -2.49. The first-order valence-electron chi connectivity index (χ1n) is 8.96. The number of nitrogens with zero attached hydrogens (tertiary/aromatic N) is 2. The van der Waals surface area contributed by atoms with E-state index < -0.39 is 10.0 Å². The van der Waals surface area contributed by atoms with Crippen molar-refractivity contribution >= 4 is 10.0 Å². The third kappa shape index (κ3) is 3.73. The molecule has 2 atom stereocenters. The molecule has 0 aliphatic carbocycles. The molecule has 1 fully saturated rings. The summed E-state index contributed by atoms with van der Waals surface area (Å²) in [5.74, 6) is 0.791. The van der Waals surface area contributed by atoms with Gasteiger partial charge in [-0.3, -0.25) is 4.98 Å². The lowest BCUT2D eigenvalue weighted by Gasteiger charge is -2.18. The number of hydrogen-bond donors (Lipinski definition) is 1. The largest absolute Gasteiger partial charge is 0.440 e. The van der Waals surface area contributed by atoms with E-state index in [-0.39, 0.29) is 17.1 Å². The predicted molar refractivity (Wildman–Crippen MR) is 100 cm³/mol. The van der Waals surface area contributed by atoms with Crippen molar-refractivity contribution in [2.75, 3.05) is 13.2 Å². The Morgan fingerprint density at radius 3 is 2.64 bits per heavy atom. The van der Waals surface area contributed by atoms with Crippen molar-refractivity contribution in [1.82, 2.24) is 14.9 Å². The maximum Gasteiger partial charge on any atom is 0.274 e. The van der Waals surface area contributed by atoms with Gasteiger partial charge in [-0.25, -0.2) is 13.1 Å². The second kappa shape index (κ2) is 7.50. The fraction of sp³-hybridized carbons (Fsp3) is 0.368. The number of ether oxygens (including phenoxy) is 1. The predicted octanol–water partition coefficient (Wildman–Crippen LogP) is 2.48. The molecule has 0 aromatic carbocycles. The Labute approximate surface area is 162 Å². The van der Waals surface area contributed by atoms with E-state index in [1.54, 1.807) is 18.5 Å². The Kier molecular flexibility index (Phi) is 5.05. The Bertz CT molecular complexity index is 1060. The number of aryl methyl sites for hydroxylation is 1. The van der Waals surface area contributed by atoms with Crippen LogP contribution in [0.5, 0.6) is 0 Å². The molecule has 8 nitrogen and oxygen atoms in total. The molecule has 0 radical (unpaired) electrons. The van der Waals surface area contributed by atoms with Crippen LogP contribution in [0.15, 0.2) is 50.7 Å². The molecule has 4 heterocycles. The normalized spacial score (nSPS) is 19.9. The molecule has 1 aliphatic heterocycles. The first-order valence-corrected chi connectivity index (χ1v) is 10.4. The van der Waals surface area contributed by atoms with E-state index >= 15 is 0 Å². The minimum absolute atomic E-state index is 0.0331. The summed E-state index contributed by atoms with van der Waals surface area (Å²) in [6.45, 7) is 4.47. The van der Waals surface area contributed by atoms with Crippen molar-refractivity contribution < 1.29 is 22.1 Å². The van der Waals surface area contributed by atoms with Crippen LogP contribution in [0.25, 0.3) is 11.5 Å². The monoisotopic (exact) mass is 403 g/mol. The van der Waals surface area contributed by atoms with E-state index in [4.69, 9.17) is 13.7 Å². The van der Waals surface area contributed by atoms with Crippen LogP contribution in [0.3, 0.4) is 0 Å². The Balaban J connectivity index is 1.50. The standard InChI is InChI=1S/C19H21N3O5S/c1-12-13(2)21-27-19(12)17-3-4-18(26-17)28(23,24)22-16-11-25-10-15(16)9-14-5-7-20-8-6-14/h3-8,15-16,22H,9-11H2,1-2H3/t15-,16-/m1/s1. The topological polar surface area (TPSA) is 107 Å². The highest BCUT2D eigenvalue weighted by Gasteiger charge is 2.33. The summed E-state index contributed by atoms with van der Waals surface area (Å²) in [4.78, 5) is 4.01. The molecule has 1 aliphatic rings. The molecule has 0 bridgehead atoms. The summed E-state index contributed by atoms with van der Waals surface area (Å²) < 4.78 is 44.6. The van der Waals surface area contributed by atoms with Gasteiger partial charge in [-0.1, -0.05) is 5.16 Å². The van der Waals surface area contributed by atoms with E-state index in [9.17, 15) is 8.42 Å². The van der Waals surface area contributed by atoms with E-state index in [2.05, 4.69) is 14.9 Å². The molecule has 1 saturated heterocycles. The maximum absolute atomic E-state index is 12.8. The molecule has 9 heteroatoms. The molecule has 3 aromatic heterocycles. The van der Waals surface area contributed by atoms with E-state index in [1.165, 1.54) is 6.07 Å². The number of aromatic nitrogens is 2. The third-order valence-corrected chi connectivity index (χ3v) is 6.34. The second-order valence-corrected chi connectivity index (χ2v) is 8.57. The van der Waals surface area contributed by atoms with Gasteiger partial charge in [-0.15, -0.1) is 0 Å². The smallest absolute Gasteiger partial charge is 0.274 e. The summed E-state index contributed by atoms with van der Waals surface area (Å²) in [6, 6.07) is 6.50. The van der Waals surface area contributed by atoms with Crippen LogP contribution in [0.4, 0.5) is 0 Å². The highest BCUT2D eigenvalue weighted by atomic mass is 32.2. The van der Waals surface area contributed by atoms with Gasteiger partial charge in [-0.2, -0.15) is 0 Å². The van der Waals surface area contributed by atoms with Crippen molar-refractivity contribution in [3.63, 3.8) is 0 Å². The Morgan fingerprint density at radius 2 is 1.93 bits per heavy atom. The van der Waals surface area contributed by atoms with Crippen molar-refractivity contribution in [3.05, 3.63) is 53.5 Å². The number of rotatable bonds is 6. The molecule has 148 valence electrons. The van der Waals surface area contributed by atoms with Gasteiger partial charge in [0.15, 0.2) is 5.76 Å². The van der Waals surface area contributed by atoms with Gasteiger partial charge >= 0.3 is 0 Å². The van der Waals surface area contributed by atoms with Crippen molar-refractivity contribution in [1.29, 1.82) is 0 Å². The number of sulfonamides is 1. The molecule has 1 N–H and O–H groups in total. The first-order chi connectivity index (χ1) is 13.4. The van der Waals surface area contributed by atoms with Crippen LogP contribution in [-0.2, 0) is 21.2 Å². The summed E-state index contributed by atoms with van der Waals surface area (Å²) in [5, 5.41) is 3.71. The average Bonchev–Trinajstić information content (AvgIpc) is 3.39. The Morgan fingerprint density at radius 1 is 1.14 bits per heavy atom. The van der Waals surface area contributed by atoms with Gasteiger partial charge in [0, 0.05) is 23.9 Å². The van der Waals surface area contributed by atoms with Crippen molar-refractivity contribution in [2.45, 2.75) is 31.4 Å². The highest BCUT2D eigenvalue weighted by Crippen LogP contribution is 2.29. The molecule has 4 rings (SSSR count). The fourth-order valence-corrected chi connectivity index (χ4v) is 4.46. The summed E-state index contributed by atoms with van der Waals surface area (Å²) in [5.41, 5.74) is 2.63. The molecule has 0 amide bonds. The zero-order chi connectivity index (χ0) is 19.7. The number of furan rings is 1. The zero-order valence-corrected chi connectivity index (χ0v) is 16.4. The molecule has 3 aromatic rings. The lowest BCUT2D eigenvalue weighted by molar-refractivity contribution is 0.183. The molecule has 0 spiro atoms. The van der Waals surface area contributed by atoms with Gasteiger partial charge in [0.1, 0.15) is 0 Å². The van der Waals surface area contributed by atoms with Crippen LogP contribution < -0.4 is 4.72 Å². The maximum atomic E-state index is 12.8. The lowest BCUT2D eigenvalue weighted by atomic mass is 9.96. The zero-order valence-electron chi connectivity index (χ0n) is 15.6. The van der Waals surface area contributed by atoms with Crippen LogP contribution in [0.2, 0.25) is 0 Å². The quantitative estimate of drug-likeness (QED) is 0.674. The number of nitrogens with one attached hydrogen (secondary N) is 1. The SMILES string of the molecule is Cc1noc(-c2ccc(S(=O)(=O)N[C@@H]3COC[C@H]3Cc3ccncc3)o2)c1C. The third-order valence-electron chi connectivity index (χ3n) is 4.98. The molecule has 0 saturated carbocycles. The highest BCUT2D eigenvalue weighted by molar-refractivity contribution is 7.89.